The van der Waals surface area contributed by atoms with Crippen LogP contribution in [0.1, 0.15) is 0 Å². The van der Waals surface area contributed by atoms with Crippen LogP contribution >= 0.6 is 0 Å². The Bertz CT molecular complexity index is 202. The van der Waals surface area contributed by atoms with E-state index in [2.05, 4.69) is 11.5 Å². The summed E-state index contributed by atoms with van der Waals surface area (Å²) in [6.45, 7) is 7.95. The van der Waals surface area contributed by atoms with E-state index < -0.39 is 5.97 Å². The van der Waals surface area contributed by atoms with Gasteiger partial charge in [0.15, 0.2) is 0 Å². The maximum Gasteiger partial charge on any atom is 0.330 e. The smallest absolute Gasteiger partial charge is 0.330 e. The van der Waals surface area contributed by atoms with Crippen molar-refractivity contribution >= 4 is 5.97 Å². The van der Waals surface area contributed by atoms with Crippen LogP contribution in [-0.4, -0.2) is 57.1 Å². The second kappa shape index (κ2) is 7.39. The quantitative estimate of drug-likeness (QED) is 0.340. The molecular formula is C10H17NO4. The highest BCUT2D eigenvalue weighted by Gasteiger charge is 2.10. The molecular weight excluding hydrogens is 198 g/mol. The summed E-state index contributed by atoms with van der Waals surface area (Å²) < 4.78 is 15.2. The normalized spacial score (nSPS) is 16.5. The fraction of sp³-hybridized carbons (Fsp3) is 0.700. The Morgan fingerprint density at radius 3 is 3.00 bits per heavy atom. The molecule has 0 aromatic carbocycles. The molecule has 0 unspecified atom stereocenters. The van der Waals surface area contributed by atoms with Gasteiger partial charge in [0.2, 0.25) is 0 Å². The van der Waals surface area contributed by atoms with E-state index >= 15 is 0 Å². The van der Waals surface area contributed by atoms with Crippen molar-refractivity contribution in [2.45, 2.75) is 0 Å². The monoisotopic (exact) mass is 215 g/mol. The van der Waals surface area contributed by atoms with Crippen LogP contribution in [-0.2, 0) is 19.0 Å². The van der Waals surface area contributed by atoms with E-state index in [0.717, 1.165) is 25.8 Å². The minimum absolute atomic E-state index is 0.279. The summed E-state index contributed by atoms with van der Waals surface area (Å²) in [7, 11) is 0. The number of esters is 1. The summed E-state index contributed by atoms with van der Waals surface area (Å²) in [5.74, 6) is -0.411. The molecule has 0 aromatic heterocycles. The molecule has 0 radical (unpaired) electrons. The van der Waals surface area contributed by atoms with Gasteiger partial charge in [0, 0.05) is 19.2 Å². The average Bonchev–Trinajstić information content (AvgIpc) is 2.75. The molecule has 1 aliphatic rings. The number of hydrogen-bond donors (Lipinski definition) is 0. The average molecular weight is 215 g/mol. The van der Waals surface area contributed by atoms with Crippen LogP contribution in [0.3, 0.4) is 0 Å². The minimum atomic E-state index is -0.411. The molecule has 15 heavy (non-hydrogen) atoms. The zero-order valence-electron chi connectivity index (χ0n) is 8.81. The molecule has 0 atom stereocenters. The Labute approximate surface area is 89.6 Å². The Hall–Kier alpha value is -0.910. The summed E-state index contributed by atoms with van der Waals surface area (Å²) >= 11 is 0. The van der Waals surface area contributed by atoms with Gasteiger partial charge < -0.3 is 14.2 Å². The number of rotatable bonds is 7. The van der Waals surface area contributed by atoms with Crippen LogP contribution in [0.15, 0.2) is 12.7 Å². The standard InChI is InChI=1S/C10H17NO4/c1-2-10(12)15-8-7-13-5-3-11-4-6-14-9-11/h2H,1,3-9H2. The summed E-state index contributed by atoms with van der Waals surface area (Å²) in [6, 6.07) is 0. The molecule has 0 N–H and O–H groups in total. The first-order valence-corrected chi connectivity index (χ1v) is 5.00. The number of ether oxygens (including phenoxy) is 3. The van der Waals surface area contributed by atoms with Crippen molar-refractivity contribution in [1.29, 1.82) is 0 Å². The van der Waals surface area contributed by atoms with Gasteiger partial charge in [0.1, 0.15) is 6.61 Å². The van der Waals surface area contributed by atoms with Gasteiger partial charge in [-0.15, -0.1) is 0 Å². The van der Waals surface area contributed by atoms with E-state index in [-0.39, 0.29) is 6.61 Å². The van der Waals surface area contributed by atoms with Crippen molar-refractivity contribution in [3.8, 4) is 0 Å². The van der Waals surface area contributed by atoms with E-state index in [0.29, 0.717) is 19.9 Å². The zero-order valence-corrected chi connectivity index (χ0v) is 8.81. The van der Waals surface area contributed by atoms with Crippen molar-refractivity contribution in [1.82, 2.24) is 4.90 Å². The number of carbonyl (C=O) groups is 1. The van der Waals surface area contributed by atoms with Crippen molar-refractivity contribution in [2.24, 2.45) is 0 Å². The first-order valence-electron chi connectivity index (χ1n) is 5.00. The molecule has 5 heteroatoms. The lowest BCUT2D eigenvalue weighted by Crippen LogP contribution is -2.25. The van der Waals surface area contributed by atoms with Crippen molar-refractivity contribution in [3.05, 3.63) is 12.7 Å². The molecule has 1 aliphatic heterocycles. The van der Waals surface area contributed by atoms with E-state index in [4.69, 9.17) is 14.2 Å². The largest absolute Gasteiger partial charge is 0.460 e. The zero-order chi connectivity index (χ0) is 10.9. The van der Waals surface area contributed by atoms with E-state index in [1.807, 2.05) is 0 Å². The third-order valence-corrected chi connectivity index (χ3v) is 2.02. The first-order chi connectivity index (χ1) is 7.33. The predicted octanol–water partition coefficient (Wildman–Crippen LogP) is 0.0219. The molecule has 1 fully saturated rings. The van der Waals surface area contributed by atoms with Crippen LogP contribution < -0.4 is 0 Å². The van der Waals surface area contributed by atoms with Crippen LogP contribution in [0, 0.1) is 0 Å². The number of hydrogen-bond acceptors (Lipinski definition) is 5. The molecule has 1 rings (SSSR count). The number of nitrogens with zero attached hydrogens (tertiary/aromatic N) is 1. The van der Waals surface area contributed by atoms with Crippen molar-refractivity contribution < 1.29 is 19.0 Å². The molecule has 0 aromatic rings. The van der Waals surface area contributed by atoms with Gasteiger partial charge in [-0.05, 0) is 0 Å². The highest BCUT2D eigenvalue weighted by Crippen LogP contribution is 1.97. The molecule has 1 heterocycles. The van der Waals surface area contributed by atoms with Crippen molar-refractivity contribution in [2.75, 3.05) is 46.2 Å². The van der Waals surface area contributed by atoms with Crippen LogP contribution in [0.4, 0.5) is 0 Å². The van der Waals surface area contributed by atoms with Crippen LogP contribution in [0.25, 0.3) is 0 Å². The highest BCUT2D eigenvalue weighted by molar-refractivity contribution is 5.81. The fourth-order valence-corrected chi connectivity index (χ4v) is 1.18. The summed E-state index contributed by atoms with van der Waals surface area (Å²) in [5, 5.41) is 0. The van der Waals surface area contributed by atoms with Gasteiger partial charge in [-0.1, -0.05) is 6.58 Å². The van der Waals surface area contributed by atoms with Gasteiger partial charge in [-0.25, -0.2) is 4.79 Å². The first kappa shape index (κ1) is 12.2. The fourth-order valence-electron chi connectivity index (χ4n) is 1.18. The highest BCUT2D eigenvalue weighted by atomic mass is 16.6. The predicted molar refractivity (Wildman–Crippen MR) is 54.4 cm³/mol. The maximum absolute atomic E-state index is 10.6. The second-order valence-corrected chi connectivity index (χ2v) is 3.14. The SMILES string of the molecule is C=CC(=O)OCCOCCN1CCOC1. The Morgan fingerprint density at radius 1 is 1.47 bits per heavy atom. The van der Waals surface area contributed by atoms with Crippen LogP contribution in [0.2, 0.25) is 0 Å². The molecule has 0 spiro atoms. The lowest BCUT2D eigenvalue weighted by atomic mass is 10.5. The third kappa shape index (κ3) is 5.51. The molecule has 0 amide bonds. The molecule has 86 valence electrons. The summed E-state index contributed by atoms with van der Waals surface area (Å²) in [4.78, 5) is 12.8. The van der Waals surface area contributed by atoms with Gasteiger partial charge in [-0.2, -0.15) is 0 Å². The molecule has 5 nitrogen and oxygen atoms in total. The Morgan fingerprint density at radius 2 is 2.33 bits per heavy atom. The van der Waals surface area contributed by atoms with Gasteiger partial charge in [-0.3, -0.25) is 4.90 Å². The van der Waals surface area contributed by atoms with Gasteiger partial charge >= 0.3 is 5.97 Å². The van der Waals surface area contributed by atoms with Gasteiger partial charge in [0.05, 0.1) is 26.6 Å². The second-order valence-electron chi connectivity index (χ2n) is 3.14. The summed E-state index contributed by atoms with van der Waals surface area (Å²) in [6.07, 6.45) is 1.14. The van der Waals surface area contributed by atoms with Crippen molar-refractivity contribution in [3.63, 3.8) is 0 Å². The molecule has 0 aliphatic carbocycles. The topological polar surface area (TPSA) is 48.0 Å². The lowest BCUT2D eigenvalue weighted by molar-refractivity contribution is -0.139. The third-order valence-electron chi connectivity index (χ3n) is 2.02. The molecule has 1 saturated heterocycles. The van der Waals surface area contributed by atoms with E-state index in [1.54, 1.807) is 0 Å². The van der Waals surface area contributed by atoms with Gasteiger partial charge in [0.25, 0.3) is 0 Å². The Balaban J connectivity index is 1.84. The lowest BCUT2D eigenvalue weighted by Gasteiger charge is -2.12. The van der Waals surface area contributed by atoms with E-state index in [9.17, 15) is 4.79 Å². The minimum Gasteiger partial charge on any atom is -0.460 e. The van der Waals surface area contributed by atoms with E-state index in [1.165, 1.54) is 0 Å². The van der Waals surface area contributed by atoms with Crippen LogP contribution in [0.5, 0.6) is 0 Å². The maximum atomic E-state index is 10.6. The Kier molecular flexibility index (Phi) is 5.99. The number of carbonyl (C=O) groups excluding carboxylic acids is 1. The molecule has 0 saturated carbocycles. The molecule has 0 bridgehead atoms. The summed E-state index contributed by atoms with van der Waals surface area (Å²) in [5.41, 5.74) is 0.